The van der Waals surface area contributed by atoms with Gasteiger partial charge >= 0.3 is 5.97 Å². The summed E-state index contributed by atoms with van der Waals surface area (Å²) in [7, 11) is 1.38. The highest BCUT2D eigenvalue weighted by atomic mass is 32.1. The quantitative estimate of drug-likeness (QED) is 0.746. The van der Waals surface area contributed by atoms with E-state index in [9.17, 15) is 4.79 Å². The molecule has 5 nitrogen and oxygen atoms in total. The number of nitrogens with two attached hydrogens (primary N) is 1. The van der Waals surface area contributed by atoms with Crippen molar-refractivity contribution < 1.29 is 9.53 Å². The smallest absolute Gasteiger partial charge is 0.337 e. The Morgan fingerprint density at radius 1 is 1.30 bits per heavy atom. The van der Waals surface area contributed by atoms with E-state index in [0.29, 0.717) is 10.7 Å². The van der Waals surface area contributed by atoms with E-state index in [4.69, 9.17) is 10.5 Å². The predicted molar refractivity (Wildman–Crippen MR) is 92.1 cm³/mol. The first-order chi connectivity index (χ1) is 11.0. The van der Waals surface area contributed by atoms with E-state index in [1.54, 1.807) is 6.07 Å². The fourth-order valence-corrected chi connectivity index (χ4v) is 3.28. The molecule has 0 aliphatic rings. The van der Waals surface area contributed by atoms with Crippen LogP contribution < -0.4 is 5.73 Å². The molecule has 2 heterocycles. The minimum atomic E-state index is -0.346. The van der Waals surface area contributed by atoms with Crippen LogP contribution >= 0.6 is 11.3 Å². The predicted octanol–water partition coefficient (Wildman–Crippen LogP) is 3.59. The topological polar surface area (TPSA) is 70.1 Å². The highest BCUT2D eigenvalue weighted by Crippen LogP contribution is 2.31. The first-order valence-electron chi connectivity index (χ1n) is 7.10. The van der Waals surface area contributed by atoms with Gasteiger partial charge in [-0.15, -0.1) is 11.3 Å². The van der Waals surface area contributed by atoms with E-state index < -0.39 is 0 Å². The van der Waals surface area contributed by atoms with Crippen LogP contribution in [-0.4, -0.2) is 22.6 Å². The molecular formula is C17H17N3O2S. The summed E-state index contributed by atoms with van der Waals surface area (Å²) in [6.45, 7) is 4.06. The standard InChI is InChI=1S/C17H17N3O2S/c1-10-7-14(15-9-23-17(18)19-15)11(2)20(10)13-6-4-5-12(8-13)16(21)22-3/h4-9H,1-3H3,(H2,18,19). The number of nitrogen functional groups attached to an aromatic ring is 1. The monoisotopic (exact) mass is 327 g/mol. The van der Waals surface area contributed by atoms with Gasteiger partial charge in [-0.05, 0) is 38.1 Å². The molecular weight excluding hydrogens is 310 g/mol. The minimum Gasteiger partial charge on any atom is -0.465 e. The summed E-state index contributed by atoms with van der Waals surface area (Å²) in [5, 5.41) is 2.50. The lowest BCUT2D eigenvalue weighted by Gasteiger charge is -2.11. The van der Waals surface area contributed by atoms with E-state index in [1.165, 1.54) is 18.4 Å². The molecule has 0 saturated carbocycles. The molecule has 0 aliphatic carbocycles. The molecule has 3 rings (SSSR count). The first-order valence-corrected chi connectivity index (χ1v) is 7.98. The van der Waals surface area contributed by atoms with Crippen LogP contribution in [0, 0.1) is 13.8 Å². The summed E-state index contributed by atoms with van der Waals surface area (Å²) in [5.41, 5.74) is 11.2. The van der Waals surface area contributed by atoms with Gasteiger partial charge in [0.15, 0.2) is 5.13 Å². The molecule has 2 aromatic heterocycles. The van der Waals surface area contributed by atoms with Crippen molar-refractivity contribution in [3.05, 3.63) is 52.7 Å². The van der Waals surface area contributed by atoms with E-state index in [2.05, 4.69) is 15.6 Å². The molecule has 0 fully saturated rings. The van der Waals surface area contributed by atoms with E-state index >= 15 is 0 Å². The third-order valence-corrected chi connectivity index (χ3v) is 4.43. The van der Waals surface area contributed by atoms with Crippen molar-refractivity contribution in [1.82, 2.24) is 9.55 Å². The summed E-state index contributed by atoms with van der Waals surface area (Å²) in [6, 6.07) is 9.46. The zero-order valence-corrected chi connectivity index (χ0v) is 14.0. The van der Waals surface area contributed by atoms with Crippen LogP contribution in [0.5, 0.6) is 0 Å². The number of aromatic nitrogens is 2. The summed E-state index contributed by atoms with van der Waals surface area (Å²) in [5.74, 6) is -0.346. The van der Waals surface area contributed by atoms with Crippen LogP contribution in [0.4, 0.5) is 5.13 Å². The number of rotatable bonds is 3. The van der Waals surface area contributed by atoms with Gasteiger partial charge < -0.3 is 15.0 Å². The number of hydrogen-bond acceptors (Lipinski definition) is 5. The Bertz CT molecular complexity index is 880. The molecule has 118 valence electrons. The second-order valence-corrected chi connectivity index (χ2v) is 6.12. The van der Waals surface area contributed by atoms with Crippen molar-refractivity contribution >= 4 is 22.4 Å². The minimum absolute atomic E-state index is 0.346. The van der Waals surface area contributed by atoms with Gasteiger partial charge in [0.05, 0.1) is 18.4 Å². The number of anilines is 1. The lowest BCUT2D eigenvalue weighted by molar-refractivity contribution is 0.0600. The third-order valence-electron chi connectivity index (χ3n) is 3.75. The highest BCUT2D eigenvalue weighted by Gasteiger charge is 2.15. The number of carbonyl (C=O) groups excluding carboxylic acids is 1. The molecule has 23 heavy (non-hydrogen) atoms. The van der Waals surface area contributed by atoms with Gasteiger partial charge in [-0.3, -0.25) is 0 Å². The second-order valence-electron chi connectivity index (χ2n) is 5.23. The van der Waals surface area contributed by atoms with E-state index in [0.717, 1.165) is 28.3 Å². The average Bonchev–Trinajstić information content (AvgIpc) is 3.10. The van der Waals surface area contributed by atoms with E-state index in [1.807, 2.05) is 37.4 Å². The molecule has 0 aliphatic heterocycles. The molecule has 0 radical (unpaired) electrons. The Morgan fingerprint density at radius 3 is 2.74 bits per heavy atom. The van der Waals surface area contributed by atoms with Gasteiger partial charge in [-0.1, -0.05) is 6.07 Å². The lowest BCUT2D eigenvalue weighted by Crippen LogP contribution is -2.04. The van der Waals surface area contributed by atoms with Crippen LogP contribution in [0.15, 0.2) is 35.7 Å². The van der Waals surface area contributed by atoms with Crippen molar-refractivity contribution in [2.45, 2.75) is 13.8 Å². The van der Waals surface area contributed by atoms with Gasteiger partial charge in [0.25, 0.3) is 0 Å². The zero-order valence-electron chi connectivity index (χ0n) is 13.2. The van der Waals surface area contributed by atoms with Crippen molar-refractivity contribution in [3.63, 3.8) is 0 Å². The van der Waals surface area contributed by atoms with Crippen LogP contribution in [0.1, 0.15) is 21.7 Å². The van der Waals surface area contributed by atoms with Crippen molar-refractivity contribution in [2.24, 2.45) is 0 Å². The number of nitrogens with zero attached hydrogens (tertiary/aromatic N) is 2. The van der Waals surface area contributed by atoms with Gasteiger partial charge in [-0.2, -0.15) is 0 Å². The maximum absolute atomic E-state index is 11.7. The molecule has 0 amide bonds. The summed E-state index contributed by atoms with van der Waals surface area (Å²) < 4.78 is 6.89. The third kappa shape index (κ3) is 2.73. The average molecular weight is 327 g/mol. The Labute approximate surface area is 138 Å². The fourth-order valence-electron chi connectivity index (χ4n) is 2.72. The number of ether oxygens (including phenoxy) is 1. The molecule has 2 N–H and O–H groups in total. The number of methoxy groups -OCH3 is 1. The zero-order chi connectivity index (χ0) is 16.6. The molecule has 1 aromatic carbocycles. The maximum atomic E-state index is 11.7. The molecule has 3 aromatic rings. The summed E-state index contributed by atoms with van der Waals surface area (Å²) in [4.78, 5) is 16.1. The number of esters is 1. The number of aryl methyl sites for hydroxylation is 1. The summed E-state index contributed by atoms with van der Waals surface area (Å²) in [6.07, 6.45) is 0. The molecule has 0 spiro atoms. The summed E-state index contributed by atoms with van der Waals surface area (Å²) >= 11 is 1.42. The van der Waals surface area contributed by atoms with Gasteiger partial charge in [-0.25, -0.2) is 9.78 Å². The first kappa shape index (κ1) is 15.3. The van der Waals surface area contributed by atoms with Crippen LogP contribution in [-0.2, 0) is 4.74 Å². The molecule has 0 atom stereocenters. The van der Waals surface area contributed by atoms with Crippen LogP contribution in [0.25, 0.3) is 16.9 Å². The van der Waals surface area contributed by atoms with Gasteiger partial charge in [0.1, 0.15) is 0 Å². The Kier molecular flexibility index (Phi) is 3.92. The molecule has 0 bridgehead atoms. The fraction of sp³-hybridized carbons (Fsp3) is 0.176. The lowest BCUT2D eigenvalue weighted by atomic mass is 10.2. The van der Waals surface area contributed by atoms with Crippen molar-refractivity contribution in [3.8, 4) is 16.9 Å². The Balaban J connectivity index is 2.11. The highest BCUT2D eigenvalue weighted by molar-refractivity contribution is 7.13. The second kappa shape index (κ2) is 5.89. The Morgan fingerprint density at radius 2 is 2.09 bits per heavy atom. The number of hydrogen-bond donors (Lipinski definition) is 1. The van der Waals surface area contributed by atoms with E-state index in [-0.39, 0.29) is 5.97 Å². The van der Waals surface area contributed by atoms with Crippen LogP contribution in [0.3, 0.4) is 0 Å². The molecule has 0 unspecified atom stereocenters. The van der Waals surface area contributed by atoms with Crippen molar-refractivity contribution in [1.29, 1.82) is 0 Å². The molecule has 6 heteroatoms. The van der Waals surface area contributed by atoms with Crippen LogP contribution in [0.2, 0.25) is 0 Å². The molecule has 0 saturated heterocycles. The van der Waals surface area contributed by atoms with Gasteiger partial charge in [0.2, 0.25) is 0 Å². The van der Waals surface area contributed by atoms with Crippen molar-refractivity contribution in [2.75, 3.05) is 12.8 Å². The largest absolute Gasteiger partial charge is 0.465 e. The Hall–Kier alpha value is -2.60. The number of benzene rings is 1. The number of thiazole rings is 1. The van der Waals surface area contributed by atoms with Gasteiger partial charge in [0, 0.05) is 28.0 Å². The number of carbonyl (C=O) groups is 1. The normalized spacial score (nSPS) is 10.7. The maximum Gasteiger partial charge on any atom is 0.337 e. The SMILES string of the molecule is COC(=O)c1cccc(-n2c(C)cc(-c3csc(N)n3)c2C)c1.